The Bertz CT molecular complexity index is 511. The Hall–Kier alpha value is -1.88. The molecule has 0 atom stereocenters. The molecule has 2 N–H and O–H groups in total. The molecule has 1 heterocycles. The van der Waals surface area contributed by atoms with E-state index in [-0.39, 0.29) is 0 Å². The van der Waals surface area contributed by atoms with E-state index in [0.29, 0.717) is 24.9 Å². The van der Waals surface area contributed by atoms with Gasteiger partial charge in [-0.1, -0.05) is 24.2 Å². The molecule has 0 bridgehead atoms. The fourth-order valence-corrected chi connectivity index (χ4v) is 1.77. The molecule has 0 spiro atoms. The fourth-order valence-electron chi connectivity index (χ4n) is 1.77. The lowest BCUT2D eigenvalue weighted by Crippen LogP contribution is -2.03. The van der Waals surface area contributed by atoms with Crippen LogP contribution in [0.2, 0.25) is 0 Å². The van der Waals surface area contributed by atoms with E-state index in [4.69, 9.17) is 15.0 Å². The van der Waals surface area contributed by atoms with E-state index in [0.717, 1.165) is 25.0 Å². The molecule has 0 saturated heterocycles. The number of hydrogen-bond donors (Lipinski definition) is 1. The van der Waals surface area contributed by atoms with Gasteiger partial charge in [0.15, 0.2) is 6.61 Å². The number of aryl methyl sites for hydroxylation is 1. The van der Waals surface area contributed by atoms with Gasteiger partial charge in [0, 0.05) is 6.42 Å². The van der Waals surface area contributed by atoms with Gasteiger partial charge in [-0.25, -0.2) is 0 Å². The summed E-state index contributed by atoms with van der Waals surface area (Å²) in [5, 5.41) is 3.88. The third-order valence-corrected chi connectivity index (χ3v) is 2.67. The lowest BCUT2D eigenvalue weighted by atomic mass is 10.1. The third-order valence-electron chi connectivity index (χ3n) is 2.67. The molecule has 0 unspecified atom stereocenters. The molecule has 2 aromatic rings. The summed E-state index contributed by atoms with van der Waals surface area (Å²) in [6, 6.07) is 7.89. The minimum absolute atomic E-state index is 0.319. The van der Waals surface area contributed by atoms with Crippen LogP contribution in [-0.2, 0) is 19.4 Å². The zero-order chi connectivity index (χ0) is 13.5. The van der Waals surface area contributed by atoms with Crippen molar-refractivity contribution < 1.29 is 9.26 Å². The molecule has 1 aromatic heterocycles. The van der Waals surface area contributed by atoms with Gasteiger partial charge < -0.3 is 15.0 Å². The van der Waals surface area contributed by atoms with E-state index in [2.05, 4.69) is 17.1 Å². The number of ether oxygens (including phenoxy) is 1. The van der Waals surface area contributed by atoms with Crippen LogP contribution in [0, 0.1) is 0 Å². The summed E-state index contributed by atoms with van der Waals surface area (Å²) in [6.07, 6.45) is 2.64. The zero-order valence-electron chi connectivity index (χ0n) is 11.1. The molecule has 0 saturated carbocycles. The highest BCUT2D eigenvalue weighted by Crippen LogP contribution is 2.15. The first-order valence-corrected chi connectivity index (χ1v) is 6.55. The summed E-state index contributed by atoms with van der Waals surface area (Å²) >= 11 is 0. The van der Waals surface area contributed by atoms with Crippen molar-refractivity contribution >= 4 is 0 Å². The maximum Gasteiger partial charge on any atom is 0.226 e. The van der Waals surface area contributed by atoms with E-state index in [1.54, 1.807) is 0 Å². The molecule has 5 nitrogen and oxygen atoms in total. The molecule has 102 valence electrons. The van der Waals surface area contributed by atoms with Gasteiger partial charge in [-0.2, -0.15) is 4.98 Å². The predicted molar refractivity (Wildman–Crippen MR) is 71.8 cm³/mol. The van der Waals surface area contributed by atoms with Crippen molar-refractivity contribution in [1.29, 1.82) is 0 Å². The maximum atomic E-state index is 5.64. The number of nitrogens with zero attached hydrogens (tertiary/aromatic N) is 2. The smallest absolute Gasteiger partial charge is 0.226 e. The van der Waals surface area contributed by atoms with E-state index in [9.17, 15) is 0 Å². The molecule has 5 heteroatoms. The van der Waals surface area contributed by atoms with Crippen LogP contribution in [0.15, 0.2) is 28.8 Å². The third kappa shape index (κ3) is 4.06. The standard InChI is InChI=1S/C14H19N3O2/c1-2-4-14-16-13(17-19-14)10-18-12-6-3-5-11(9-12)7-8-15/h3,5-6,9H,2,4,7-8,10,15H2,1H3. The van der Waals surface area contributed by atoms with Crippen LogP contribution in [0.3, 0.4) is 0 Å². The molecule has 19 heavy (non-hydrogen) atoms. The maximum absolute atomic E-state index is 5.64. The predicted octanol–water partition coefficient (Wildman–Crippen LogP) is 2.10. The van der Waals surface area contributed by atoms with Crippen molar-refractivity contribution in [2.75, 3.05) is 6.54 Å². The highest BCUT2D eigenvalue weighted by Gasteiger charge is 2.06. The Morgan fingerprint density at radius 1 is 1.32 bits per heavy atom. The first-order valence-electron chi connectivity index (χ1n) is 6.55. The van der Waals surface area contributed by atoms with Gasteiger partial charge in [-0.15, -0.1) is 0 Å². The Morgan fingerprint density at radius 3 is 3.00 bits per heavy atom. The molecule has 0 amide bonds. The molecule has 0 aliphatic heterocycles. The topological polar surface area (TPSA) is 74.2 Å². The Balaban J connectivity index is 1.91. The molecule has 0 fully saturated rings. The quantitative estimate of drug-likeness (QED) is 0.826. The van der Waals surface area contributed by atoms with Crippen molar-refractivity contribution in [3.05, 3.63) is 41.5 Å². The van der Waals surface area contributed by atoms with Crippen molar-refractivity contribution in [1.82, 2.24) is 10.1 Å². The Kier molecular flexibility index (Phi) is 4.92. The van der Waals surface area contributed by atoms with Crippen LogP contribution >= 0.6 is 0 Å². The fraction of sp³-hybridized carbons (Fsp3) is 0.429. The average Bonchev–Trinajstić information content (AvgIpc) is 2.86. The van der Waals surface area contributed by atoms with Gasteiger partial charge in [-0.3, -0.25) is 0 Å². The highest BCUT2D eigenvalue weighted by atomic mass is 16.5. The second kappa shape index (κ2) is 6.89. The molecule has 1 aromatic carbocycles. The second-order valence-electron chi connectivity index (χ2n) is 4.33. The van der Waals surface area contributed by atoms with Gasteiger partial charge in [0.05, 0.1) is 0 Å². The molecule has 0 radical (unpaired) electrons. The lowest BCUT2D eigenvalue weighted by Gasteiger charge is -2.05. The normalized spacial score (nSPS) is 10.6. The molecular formula is C14H19N3O2. The zero-order valence-corrected chi connectivity index (χ0v) is 11.1. The number of rotatable bonds is 7. The van der Waals surface area contributed by atoms with Crippen LogP contribution in [0.1, 0.15) is 30.6 Å². The van der Waals surface area contributed by atoms with Crippen LogP contribution < -0.4 is 10.5 Å². The summed E-state index contributed by atoms with van der Waals surface area (Å²) in [4.78, 5) is 4.25. The minimum Gasteiger partial charge on any atom is -0.485 e. The number of hydrogen-bond acceptors (Lipinski definition) is 5. The van der Waals surface area contributed by atoms with E-state index in [1.807, 2.05) is 24.3 Å². The summed E-state index contributed by atoms with van der Waals surface area (Å²) < 4.78 is 10.7. The highest BCUT2D eigenvalue weighted by molar-refractivity contribution is 5.28. The van der Waals surface area contributed by atoms with Gasteiger partial charge in [0.25, 0.3) is 0 Å². The average molecular weight is 261 g/mol. The number of nitrogens with two attached hydrogens (primary N) is 1. The van der Waals surface area contributed by atoms with Gasteiger partial charge in [0.2, 0.25) is 11.7 Å². The SMILES string of the molecule is CCCc1nc(COc2cccc(CCN)c2)no1. The number of benzene rings is 1. The van der Waals surface area contributed by atoms with Crippen molar-refractivity contribution in [3.8, 4) is 5.75 Å². The first kappa shape index (κ1) is 13.5. The van der Waals surface area contributed by atoms with Gasteiger partial charge in [0.1, 0.15) is 5.75 Å². The van der Waals surface area contributed by atoms with Gasteiger partial charge in [-0.05, 0) is 37.1 Å². The van der Waals surface area contributed by atoms with Crippen LogP contribution in [0.5, 0.6) is 5.75 Å². The molecular weight excluding hydrogens is 242 g/mol. The van der Waals surface area contributed by atoms with E-state index >= 15 is 0 Å². The van der Waals surface area contributed by atoms with Crippen LogP contribution in [0.25, 0.3) is 0 Å². The first-order chi connectivity index (χ1) is 9.31. The molecule has 0 aliphatic rings. The summed E-state index contributed by atoms with van der Waals surface area (Å²) in [5.41, 5.74) is 6.70. The summed E-state index contributed by atoms with van der Waals surface area (Å²) in [5.74, 6) is 2.04. The van der Waals surface area contributed by atoms with Crippen molar-refractivity contribution in [2.45, 2.75) is 32.8 Å². The monoisotopic (exact) mass is 261 g/mol. The Morgan fingerprint density at radius 2 is 2.21 bits per heavy atom. The van der Waals surface area contributed by atoms with Crippen molar-refractivity contribution in [2.24, 2.45) is 5.73 Å². The minimum atomic E-state index is 0.319. The largest absolute Gasteiger partial charge is 0.485 e. The summed E-state index contributed by atoms with van der Waals surface area (Å²) in [6.45, 7) is 3.03. The van der Waals surface area contributed by atoms with Crippen molar-refractivity contribution in [3.63, 3.8) is 0 Å². The summed E-state index contributed by atoms with van der Waals surface area (Å²) in [7, 11) is 0. The Labute approximate surface area is 112 Å². The van der Waals surface area contributed by atoms with E-state index in [1.165, 1.54) is 5.56 Å². The number of aromatic nitrogens is 2. The second-order valence-corrected chi connectivity index (χ2v) is 4.33. The van der Waals surface area contributed by atoms with E-state index < -0.39 is 0 Å². The molecule has 0 aliphatic carbocycles. The lowest BCUT2D eigenvalue weighted by molar-refractivity contribution is 0.285. The van der Waals surface area contributed by atoms with Crippen LogP contribution in [-0.4, -0.2) is 16.7 Å². The molecule has 2 rings (SSSR count). The van der Waals surface area contributed by atoms with Gasteiger partial charge >= 0.3 is 0 Å². The van der Waals surface area contributed by atoms with Crippen LogP contribution in [0.4, 0.5) is 0 Å².